The quantitative estimate of drug-likeness (QED) is 0.483. The third-order valence-corrected chi connectivity index (χ3v) is 8.40. The summed E-state index contributed by atoms with van der Waals surface area (Å²) in [6, 6.07) is 5.61. The van der Waals surface area contributed by atoms with Gasteiger partial charge in [-0.2, -0.15) is 9.37 Å². The number of nitrogens with two attached hydrogens (primary N) is 1. The van der Waals surface area contributed by atoms with Crippen LogP contribution in [0.15, 0.2) is 34.1 Å². The number of nitrogens with zero attached hydrogens (tertiary/aromatic N) is 3. The molecule has 34 heavy (non-hydrogen) atoms. The van der Waals surface area contributed by atoms with E-state index in [1.54, 1.807) is 4.90 Å². The first-order chi connectivity index (χ1) is 16.0. The molecule has 0 atom stereocenters. The molecule has 0 unspecified atom stereocenters. The molecule has 0 fully saturated rings. The summed E-state index contributed by atoms with van der Waals surface area (Å²) in [6.07, 6.45) is 3.15. The highest BCUT2D eigenvalue weighted by atomic mass is 32.2. The number of halogens is 2. The molecule has 1 aliphatic heterocycles. The van der Waals surface area contributed by atoms with Gasteiger partial charge in [0.15, 0.2) is 21.5 Å². The van der Waals surface area contributed by atoms with Crippen molar-refractivity contribution in [2.24, 2.45) is 5.14 Å². The average Bonchev–Trinajstić information content (AvgIpc) is 2.77. The number of hydrogen-bond acceptors (Lipinski definition) is 7. The van der Waals surface area contributed by atoms with Gasteiger partial charge in [0.1, 0.15) is 10.6 Å². The predicted molar refractivity (Wildman–Crippen MR) is 127 cm³/mol. The summed E-state index contributed by atoms with van der Waals surface area (Å²) in [5.41, 5.74) is 0.183. The Hall–Kier alpha value is -2.31. The number of primary sulfonamides is 1. The van der Waals surface area contributed by atoms with Gasteiger partial charge < -0.3 is 9.80 Å². The van der Waals surface area contributed by atoms with E-state index in [4.69, 9.17) is 5.14 Å². The lowest BCUT2D eigenvalue weighted by atomic mass is 10.2. The van der Waals surface area contributed by atoms with Crippen LogP contribution in [0.3, 0.4) is 0 Å². The van der Waals surface area contributed by atoms with Crippen molar-refractivity contribution in [2.45, 2.75) is 55.9 Å². The number of anilines is 2. The number of rotatable bonds is 10. The van der Waals surface area contributed by atoms with Crippen LogP contribution < -0.4 is 14.9 Å². The summed E-state index contributed by atoms with van der Waals surface area (Å²) in [5.74, 6) is -2.73. The molecule has 8 nitrogen and oxygen atoms in total. The fourth-order valence-electron chi connectivity index (χ4n) is 3.89. The Labute approximate surface area is 199 Å². The predicted octanol–water partition coefficient (Wildman–Crippen LogP) is 3.21. The van der Waals surface area contributed by atoms with Gasteiger partial charge in [-0.3, -0.25) is 0 Å². The Bertz CT molecular complexity index is 1230. The van der Waals surface area contributed by atoms with E-state index in [9.17, 15) is 16.8 Å². The number of sulfonamides is 1. The van der Waals surface area contributed by atoms with Crippen LogP contribution in [0.2, 0.25) is 0 Å². The molecule has 188 valence electrons. The highest BCUT2D eigenvalue weighted by molar-refractivity contribution is 7.91. The van der Waals surface area contributed by atoms with Gasteiger partial charge in [-0.15, -0.1) is 0 Å². The SMILES string of the molecule is CCCCN(CCCC)c1nc(F)c2c(c1F)S(=O)(=O)CCN2Cc1ccc(S(N)(=O)=O)cc1. The molecule has 1 aromatic carbocycles. The monoisotopic (exact) mass is 516 g/mol. The standard InChI is InChI=1S/C22H30F2N4O4S2/c1-3-5-11-27(12-6-4-2)22-18(23)20-19(21(24)26-22)28(13-14-33(20,29)30)15-16-7-9-17(10-8-16)34(25,31)32/h7-10H,3-6,11-15H2,1-2H3,(H2,25,31,32). The maximum atomic E-state index is 15.7. The number of hydrogen-bond donors (Lipinski definition) is 1. The Morgan fingerprint density at radius 1 is 1.09 bits per heavy atom. The summed E-state index contributed by atoms with van der Waals surface area (Å²) >= 11 is 0. The van der Waals surface area contributed by atoms with Crippen molar-refractivity contribution in [1.82, 2.24) is 4.98 Å². The number of fused-ring (bicyclic) bond motifs is 1. The first-order valence-corrected chi connectivity index (χ1v) is 14.4. The highest BCUT2D eigenvalue weighted by Crippen LogP contribution is 2.39. The van der Waals surface area contributed by atoms with E-state index in [1.165, 1.54) is 29.2 Å². The first-order valence-electron chi connectivity index (χ1n) is 11.2. The van der Waals surface area contributed by atoms with Gasteiger partial charge in [0.05, 0.1) is 10.6 Å². The van der Waals surface area contributed by atoms with Gasteiger partial charge in [-0.05, 0) is 30.5 Å². The molecule has 1 aliphatic rings. The second-order valence-electron chi connectivity index (χ2n) is 8.34. The second-order valence-corrected chi connectivity index (χ2v) is 11.9. The van der Waals surface area contributed by atoms with E-state index in [2.05, 4.69) is 4.98 Å². The minimum Gasteiger partial charge on any atom is -0.361 e. The molecule has 0 spiro atoms. The molecule has 1 aromatic heterocycles. The van der Waals surface area contributed by atoms with E-state index in [0.717, 1.165) is 25.7 Å². The summed E-state index contributed by atoms with van der Waals surface area (Å²) in [7, 11) is -7.94. The lowest BCUT2D eigenvalue weighted by Crippen LogP contribution is -2.38. The molecule has 0 saturated heterocycles. The van der Waals surface area contributed by atoms with E-state index in [1.807, 2.05) is 13.8 Å². The molecule has 0 radical (unpaired) electrons. The summed E-state index contributed by atoms with van der Waals surface area (Å²) < 4.78 is 79.6. The molecular weight excluding hydrogens is 486 g/mol. The number of pyridine rings is 1. The minimum absolute atomic E-state index is 0.0419. The molecule has 12 heteroatoms. The zero-order valence-electron chi connectivity index (χ0n) is 19.3. The Balaban J connectivity index is 2.03. The second kappa shape index (κ2) is 10.5. The van der Waals surface area contributed by atoms with Crippen molar-refractivity contribution in [1.29, 1.82) is 0 Å². The largest absolute Gasteiger partial charge is 0.361 e. The average molecular weight is 517 g/mol. The smallest absolute Gasteiger partial charge is 0.239 e. The van der Waals surface area contributed by atoms with Crippen LogP contribution in [-0.4, -0.2) is 47.2 Å². The molecule has 0 saturated carbocycles. The third-order valence-electron chi connectivity index (χ3n) is 5.76. The van der Waals surface area contributed by atoms with Crippen molar-refractivity contribution in [3.05, 3.63) is 41.6 Å². The molecule has 3 rings (SSSR count). The summed E-state index contributed by atoms with van der Waals surface area (Å²) in [4.78, 5) is 6.16. The van der Waals surface area contributed by atoms with Crippen molar-refractivity contribution in [2.75, 3.05) is 35.2 Å². The van der Waals surface area contributed by atoms with Crippen molar-refractivity contribution in [3.63, 3.8) is 0 Å². The molecule has 0 bridgehead atoms. The van der Waals surface area contributed by atoms with E-state index in [-0.39, 0.29) is 29.6 Å². The van der Waals surface area contributed by atoms with Crippen LogP contribution in [-0.2, 0) is 26.4 Å². The van der Waals surface area contributed by atoms with E-state index >= 15 is 8.78 Å². The zero-order valence-corrected chi connectivity index (χ0v) is 20.9. The fraction of sp³-hybridized carbons (Fsp3) is 0.500. The van der Waals surface area contributed by atoms with Crippen LogP contribution in [0.5, 0.6) is 0 Å². The maximum absolute atomic E-state index is 15.7. The topological polar surface area (TPSA) is 114 Å². The van der Waals surface area contributed by atoms with Crippen molar-refractivity contribution in [3.8, 4) is 0 Å². The minimum atomic E-state index is -4.06. The zero-order chi connectivity index (χ0) is 25.1. The Kier molecular flexibility index (Phi) is 8.14. The van der Waals surface area contributed by atoms with Gasteiger partial charge in [-0.25, -0.2) is 26.4 Å². The fourth-order valence-corrected chi connectivity index (χ4v) is 5.94. The van der Waals surface area contributed by atoms with Gasteiger partial charge in [-0.1, -0.05) is 38.8 Å². The lowest BCUT2D eigenvalue weighted by molar-refractivity contribution is 0.510. The third kappa shape index (κ3) is 5.66. The van der Waals surface area contributed by atoms with Gasteiger partial charge in [0.2, 0.25) is 16.0 Å². The maximum Gasteiger partial charge on any atom is 0.239 e. The van der Waals surface area contributed by atoms with Crippen LogP contribution >= 0.6 is 0 Å². The molecule has 2 aromatic rings. The molecular formula is C22H30F2N4O4S2. The molecule has 2 heterocycles. The number of unbranched alkanes of at least 4 members (excludes halogenated alkanes) is 2. The number of benzene rings is 1. The van der Waals surface area contributed by atoms with Crippen molar-refractivity contribution >= 4 is 31.4 Å². The van der Waals surface area contributed by atoms with E-state index < -0.39 is 42.2 Å². The van der Waals surface area contributed by atoms with Gasteiger partial charge in [0, 0.05) is 26.2 Å². The molecule has 0 aliphatic carbocycles. The van der Waals surface area contributed by atoms with Crippen LogP contribution in [0.25, 0.3) is 0 Å². The molecule has 2 N–H and O–H groups in total. The summed E-state index contributed by atoms with van der Waals surface area (Å²) in [5, 5.41) is 5.11. The van der Waals surface area contributed by atoms with Crippen LogP contribution in [0, 0.1) is 11.8 Å². The van der Waals surface area contributed by atoms with E-state index in [0.29, 0.717) is 18.7 Å². The van der Waals surface area contributed by atoms with Gasteiger partial charge in [0.25, 0.3) is 0 Å². The first kappa shape index (κ1) is 26.3. The van der Waals surface area contributed by atoms with Gasteiger partial charge >= 0.3 is 0 Å². The van der Waals surface area contributed by atoms with Crippen molar-refractivity contribution < 1.29 is 25.6 Å². The Morgan fingerprint density at radius 3 is 2.21 bits per heavy atom. The molecule has 0 amide bonds. The Morgan fingerprint density at radius 2 is 1.68 bits per heavy atom. The highest BCUT2D eigenvalue weighted by Gasteiger charge is 2.37. The van der Waals surface area contributed by atoms with Crippen LogP contribution in [0.4, 0.5) is 20.3 Å². The van der Waals surface area contributed by atoms with Crippen LogP contribution in [0.1, 0.15) is 45.1 Å². The normalized spacial score (nSPS) is 15.3. The summed E-state index contributed by atoms with van der Waals surface area (Å²) in [6.45, 7) is 4.83. The number of sulfone groups is 1. The number of aromatic nitrogens is 1. The lowest BCUT2D eigenvalue weighted by Gasteiger charge is -2.33.